The molecule has 0 bridgehead atoms. The minimum Gasteiger partial charge on any atom is -0.496 e. The van der Waals surface area contributed by atoms with Crippen LogP contribution in [-0.2, 0) is 24.2 Å². The standard InChI is InChI=1S/C18H20ClN3O3/c1-11(19)18(24)22-8-7-14-13(10-22)17(23)21-16(20-14)9-12-5-3-4-6-15(12)25-2/h3-6,11H,7-10H2,1-2H3,(H,20,21,23)/t11-/m1/s1. The summed E-state index contributed by atoms with van der Waals surface area (Å²) in [6.45, 7) is 2.41. The highest BCUT2D eigenvalue weighted by Crippen LogP contribution is 2.21. The molecule has 0 radical (unpaired) electrons. The lowest BCUT2D eigenvalue weighted by Crippen LogP contribution is -2.42. The van der Waals surface area contributed by atoms with Crippen LogP contribution in [0.25, 0.3) is 0 Å². The average Bonchev–Trinajstić information content (AvgIpc) is 2.61. The summed E-state index contributed by atoms with van der Waals surface area (Å²) in [6, 6.07) is 7.64. The number of alkyl halides is 1. The molecule has 0 saturated heterocycles. The summed E-state index contributed by atoms with van der Waals surface area (Å²) in [5.41, 5.74) is 2.05. The number of aromatic amines is 1. The van der Waals surface area contributed by atoms with Gasteiger partial charge in [-0.1, -0.05) is 18.2 Å². The number of nitrogens with one attached hydrogen (secondary N) is 1. The van der Waals surface area contributed by atoms with Gasteiger partial charge in [0.25, 0.3) is 5.56 Å². The lowest BCUT2D eigenvalue weighted by atomic mass is 10.1. The van der Waals surface area contributed by atoms with Crippen LogP contribution in [0.3, 0.4) is 0 Å². The third kappa shape index (κ3) is 3.69. The quantitative estimate of drug-likeness (QED) is 0.844. The normalized spacial score (nSPS) is 14.8. The van der Waals surface area contributed by atoms with Crippen LogP contribution in [0, 0.1) is 0 Å². The fraction of sp³-hybridized carbons (Fsp3) is 0.389. The Morgan fingerprint density at radius 3 is 2.92 bits per heavy atom. The fourth-order valence-electron chi connectivity index (χ4n) is 3.03. The molecule has 132 valence electrons. The molecule has 1 atom stereocenters. The van der Waals surface area contributed by atoms with E-state index in [9.17, 15) is 9.59 Å². The van der Waals surface area contributed by atoms with Gasteiger partial charge in [-0.3, -0.25) is 9.59 Å². The monoisotopic (exact) mass is 361 g/mol. The van der Waals surface area contributed by atoms with Gasteiger partial charge in [0.2, 0.25) is 5.91 Å². The predicted molar refractivity (Wildman–Crippen MR) is 95.1 cm³/mol. The number of para-hydroxylation sites is 1. The van der Waals surface area contributed by atoms with E-state index in [1.165, 1.54) is 0 Å². The van der Waals surface area contributed by atoms with Gasteiger partial charge in [0.05, 0.1) is 24.9 Å². The van der Waals surface area contributed by atoms with Crippen molar-refractivity contribution in [2.45, 2.75) is 31.7 Å². The van der Waals surface area contributed by atoms with Crippen molar-refractivity contribution in [1.29, 1.82) is 0 Å². The van der Waals surface area contributed by atoms with Crippen molar-refractivity contribution in [2.75, 3.05) is 13.7 Å². The number of fused-ring (bicyclic) bond motifs is 1. The maximum atomic E-state index is 12.5. The van der Waals surface area contributed by atoms with Crippen molar-refractivity contribution in [1.82, 2.24) is 14.9 Å². The number of hydrogen-bond donors (Lipinski definition) is 1. The Morgan fingerprint density at radius 1 is 1.44 bits per heavy atom. The first-order valence-electron chi connectivity index (χ1n) is 8.15. The molecule has 0 spiro atoms. The first-order chi connectivity index (χ1) is 12.0. The van der Waals surface area contributed by atoms with E-state index < -0.39 is 5.38 Å². The number of halogens is 1. The smallest absolute Gasteiger partial charge is 0.256 e. The zero-order chi connectivity index (χ0) is 18.0. The van der Waals surface area contributed by atoms with Gasteiger partial charge in [-0.25, -0.2) is 4.98 Å². The number of aromatic nitrogens is 2. The Morgan fingerprint density at radius 2 is 2.20 bits per heavy atom. The predicted octanol–water partition coefficient (Wildman–Crippen LogP) is 1.88. The molecule has 1 amide bonds. The first-order valence-corrected chi connectivity index (χ1v) is 8.59. The van der Waals surface area contributed by atoms with Gasteiger partial charge in [-0.05, 0) is 13.0 Å². The Bertz CT molecular complexity index is 848. The second-order valence-electron chi connectivity index (χ2n) is 6.05. The number of nitrogens with zero attached hydrogens (tertiary/aromatic N) is 2. The third-order valence-corrected chi connectivity index (χ3v) is 4.51. The van der Waals surface area contributed by atoms with Crippen LogP contribution < -0.4 is 10.3 Å². The summed E-state index contributed by atoms with van der Waals surface area (Å²) in [5, 5.41) is -0.599. The SMILES string of the molecule is COc1ccccc1Cc1nc2c(c(=O)[nH]1)CN(C(=O)[C@@H](C)Cl)CC2. The topological polar surface area (TPSA) is 75.3 Å². The average molecular weight is 362 g/mol. The number of rotatable bonds is 4. The van der Waals surface area contributed by atoms with Crippen LogP contribution in [0.5, 0.6) is 5.75 Å². The largest absolute Gasteiger partial charge is 0.496 e. The summed E-state index contributed by atoms with van der Waals surface area (Å²) < 4.78 is 5.35. The number of amides is 1. The fourth-order valence-corrected chi connectivity index (χ4v) is 3.17. The van der Waals surface area contributed by atoms with Crippen LogP contribution in [0.4, 0.5) is 0 Å². The zero-order valence-corrected chi connectivity index (χ0v) is 15.0. The highest BCUT2D eigenvalue weighted by atomic mass is 35.5. The number of methoxy groups -OCH3 is 1. The minimum atomic E-state index is -0.599. The molecule has 0 saturated carbocycles. The van der Waals surface area contributed by atoms with Crippen molar-refractivity contribution < 1.29 is 9.53 Å². The molecule has 1 aromatic heterocycles. The highest BCUT2D eigenvalue weighted by Gasteiger charge is 2.26. The second kappa shape index (κ2) is 7.27. The lowest BCUT2D eigenvalue weighted by molar-refractivity contribution is -0.131. The zero-order valence-electron chi connectivity index (χ0n) is 14.2. The van der Waals surface area contributed by atoms with Crippen molar-refractivity contribution in [3.8, 4) is 5.75 Å². The van der Waals surface area contributed by atoms with Crippen LogP contribution in [0.15, 0.2) is 29.1 Å². The highest BCUT2D eigenvalue weighted by molar-refractivity contribution is 6.30. The molecular weight excluding hydrogens is 342 g/mol. The lowest BCUT2D eigenvalue weighted by Gasteiger charge is -2.28. The van der Waals surface area contributed by atoms with Gasteiger partial charge in [-0.15, -0.1) is 11.6 Å². The van der Waals surface area contributed by atoms with E-state index in [1.807, 2.05) is 24.3 Å². The number of H-pyrrole nitrogens is 1. The van der Waals surface area contributed by atoms with E-state index in [1.54, 1.807) is 18.9 Å². The van der Waals surface area contributed by atoms with E-state index >= 15 is 0 Å². The van der Waals surface area contributed by atoms with E-state index in [-0.39, 0.29) is 18.0 Å². The number of carbonyl (C=O) groups is 1. The molecule has 0 aliphatic carbocycles. The Hall–Kier alpha value is -2.34. The van der Waals surface area contributed by atoms with Gasteiger partial charge >= 0.3 is 0 Å². The molecule has 6 nitrogen and oxygen atoms in total. The molecule has 0 fully saturated rings. The molecule has 1 aromatic carbocycles. The third-order valence-electron chi connectivity index (χ3n) is 4.32. The van der Waals surface area contributed by atoms with E-state index in [4.69, 9.17) is 16.3 Å². The second-order valence-corrected chi connectivity index (χ2v) is 6.71. The van der Waals surface area contributed by atoms with Crippen molar-refractivity contribution in [3.63, 3.8) is 0 Å². The minimum absolute atomic E-state index is 0.162. The molecule has 1 aliphatic rings. The molecule has 3 rings (SSSR count). The summed E-state index contributed by atoms with van der Waals surface area (Å²) in [4.78, 5) is 33.6. The molecular formula is C18H20ClN3O3. The molecule has 25 heavy (non-hydrogen) atoms. The number of carbonyl (C=O) groups excluding carboxylic acids is 1. The number of hydrogen-bond acceptors (Lipinski definition) is 4. The van der Waals surface area contributed by atoms with Gasteiger partial charge in [0, 0.05) is 24.9 Å². The summed E-state index contributed by atoms with van der Waals surface area (Å²) in [6.07, 6.45) is 1.03. The molecule has 1 N–H and O–H groups in total. The number of ether oxygens (including phenoxy) is 1. The molecule has 2 heterocycles. The van der Waals surface area contributed by atoms with Gasteiger partial charge in [-0.2, -0.15) is 0 Å². The molecule has 1 aliphatic heterocycles. The molecule has 0 unspecified atom stereocenters. The van der Waals surface area contributed by atoms with Gasteiger partial charge in [0.1, 0.15) is 17.0 Å². The summed E-state index contributed by atoms with van der Waals surface area (Å²) in [7, 11) is 1.62. The van der Waals surface area contributed by atoms with E-state index in [0.717, 1.165) is 17.0 Å². The Kier molecular flexibility index (Phi) is 5.08. The van der Waals surface area contributed by atoms with Crippen molar-refractivity contribution in [3.05, 3.63) is 57.3 Å². The van der Waals surface area contributed by atoms with Gasteiger partial charge < -0.3 is 14.6 Å². The molecule has 7 heteroatoms. The Labute approximate surface area is 150 Å². The van der Waals surface area contributed by atoms with Crippen LogP contribution in [0.1, 0.15) is 29.6 Å². The first kappa shape index (κ1) is 17.5. The maximum absolute atomic E-state index is 12.5. The van der Waals surface area contributed by atoms with Crippen LogP contribution in [0.2, 0.25) is 0 Å². The van der Waals surface area contributed by atoms with E-state index in [0.29, 0.717) is 30.8 Å². The molecule has 2 aromatic rings. The van der Waals surface area contributed by atoms with Gasteiger partial charge in [0.15, 0.2) is 0 Å². The summed E-state index contributed by atoms with van der Waals surface area (Å²) in [5.74, 6) is 1.19. The Balaban J connectivity index is 1.86. The van der Waals surface area contributed by atoms with Crippen LogP contribution >= 0.6 is 11.6 Å². The van der Waals surface area contributed by atoms with E-state index in [2.05, 4.69) is 9.97 Å². The maximum Gasteiger partial charge on any atom is 0.256 e. The van der Waals surface area contributed by atoms with Crippen LogP contribution in [-0.4, -0.2) is 39.8 Å². The van der Waals surface area contributed by atoms with Crippen molar-refractivity contribution in [2.24, 2.45) is 0 Å². The van der Waals surface area contributed by atoms with Crippen molar-refractivity contribution >= 4 is 17.5 Å². The summed E-state index contributed by atoms with van der Waals surface area (Å²) >= 11 is 5.87. The number of benzene rings is 1.